The summed E-state index contributed by atoms with van der Waals surface area (Å²) in [4.78, 5) is 14.5. The zero-order valence-electron chi connectivity index (χ0n) is 12.9. The number of amides is 1. The second-order valence-electron chi connectivity index (χ2n) is 4.24. The number of benzene rings is 1. The molecule has 4 nitrogen and oxygen atoms in total. The van der Waals surface area contributed by atoms with Crippen LogP contribution in [0.5, 0.6) is 11.5 Å². The van der Waals surface area contributed by atoms with Gasteiger partial charge in [-0.2, -0.15) is 0 Å². The Morgan fingerprint density at radius 2 is 1.70 bits per heavy atom. The van der Waals surface area contributed by atoms with Gasteiger partial charge in [0.05, 0.1) is 19.8 Å². The number of ether oxygens (including phenoxy) is 2. The average molecular weight is 277 g/mol. The molecular weight excluding hydrogens is 254 g/mol. The van der Waals surface area contributed by atoms with Crippen LogP contribution in [0.4, 0.5) is 0 Å². The Bertz CT molecular complexity index is 491. The van der Waals surface area contributed by atoms with E-state index in [0.717, 1.165) is 5.56 Å². The maximum atomic E-state index is 12.7. The molecule has 1 amide bonds. The van der Waals surface area contributed by atoms with Gasteiger partial charge >= 0.3 is 0 Å². The molecule has 0 fully saturated rings. The van der Waals surface area contributed by atoms with Crippen LogP contribution in [0.1, 0.15) is 36.7 Å². The van der Waals surface area contributed by atoms with Crippen LogP contribution in [-0.2, 0) is 0 Å². The van der Waals surface area contributed by atoms with Gasteiger partial charge in [-0.1, -0.05) is 12.2 Å². The predicted octanol–water partition coefficient (Wildman–Crippen LogP) is 3.22. The van der Waals surface area contributed by atoms with Crippen molar-refractivity contribution in [3.63, 3.8) is 0 Å². The van der Waals surface area contributed by atoms with Crippen molar-refractivity contribution >= 4 is 12.0 Å². The van der Waals surface area contributed by atoms with Gasteiger partial charge in [0.15, 0.2) is 0 Å². The van der Waals surface area contributed by atoms with E-state index in [-0.39, 0.29) is 5.91 Å². The molecule has 1 aromatic rings. The standard InChI is InChI=1S/C16H23NO3/c1-6-9-12-13(19-4)10-11-14(20-5)15(12)16(18)17(7-2)8-3/h6,9-11H,7-8H2,1-5H3/b9-6+. The molecule has 1 rings (SSSR count). The molecule has 0 atom stereocenters. The molecule has 0 saturated carbocycles. The third-order valence-electron chi connectivity index (χ3n) is 3.20. The van der Waals surface area contributed by atoms with E-state index in [0.29, 0.717) is 30.2 Å². The fourth-order valence-corrected chi connectivity index (χ4v) is 2.15. The Hall–Kier alpha value is -1.97. The first kappa shape index (κ1) is 16.1. The molecule has 0 radical (unpaired) electrons. The predicted molar refractivity (Wildman–Crippen MR) is 81.5 cm³/mol. The first-order chi connectivity index (χ1) is 9.64. The summed E-state index contributed by atoms with van der Waals surface area (Å²) < 4.78 is 10.7. The summed E-state index contributed by atoms with van der Waals surface area (Å²) in [5.74, 6) is 1.19. The number of carbonyl (C=O) groups is 1. The fourth-order valence-electron chi connectivity index (χ4n) is 2.15. The molecule has 0 heterocycles. The van der Waals surface area contributed by atoms with Crippen molar-refractivity contribution in [2.24, 2.45) is 0 Å². The normalized spacial score (nSPS) is 10.7. The summed E-state index contributed by atoms with van der Waals surface area (Å²) in [6.45, 7) is 7.15. The molecular formula is C16H23NO3. The van der Waals surface area contributed by atoms with Crippen molar-refractivity contribution in [3.8, 4) is 11.5 Å². The van der Waals surface area contributed by atoms with E-state index in [2.05, 4.69) is 0 Å². The molecule has 1 aromatic carbocycles. The van der Waals surface area contributed by atoms with Crippen molar-refractivity contribution in [1.29, 1.82) is 0 Å². The van der Waals surface area contributed by atoms with Gasteiger partial charge in [-0.25, -0.2) is 0 Å². The van der Waals surface area contributed by atoms with Gasteiger partial charge in [0, 0.05) is 18.7 Å². The molecule has 20 heavy (non-hydrogen) atoms. The molecule has 0 bridgehead atoms. The highest BCUT2D eigenvalue weighted by atomic mass is 16.5. The van der Waals surface area contributed by atoms with Crippen molar-refractivity contribution < 1.29 is 14.3 Å². The highest BCUT2D eigenvalue weighted by Crippen LogP contribution is 2.32. The number of hydrogen-bond donors (Lipinski definition) is 0. The molecule has 0 unspecified atom stereocenters. The third-order valence-corrected chi connectivity index (χ3v) is 3.20. The van der Waals surface area contributed by atoms with Gasteiger partial charge in [0.1, 0.15) is 11.5 Å². The lowest BCUT2D eigenvalue weighted by Gasteiger charge is -2.22. The largest absolute Gasteiger partial charge is 0.496 e. The van der Waals surface area contributed by atoms with Gasteiger partial charge in [0.2, 0.25) is 0 Å². The highest BCUT2D eigenvalue weighted by molar-refractivity contribution is 6.01. The van der Waals surface area contributed by atoms with Crippen molar-refractivity contribution in [2.75, 3.05) is 27.3 Å². The summed E-state index contributed by atoms with van der Waals surface area (Å²) in [6.07, 6.45) is 3.76. The molecule has 0 saturated heterocycles. The molecule has 0 aliphatic rings. The minimum atomic E-state index is -0.0427. The summed E-state index contributed by atoms with van der Waals surface area (Å²) >= 11 is 0. The number of hydrogen-bond acceptors (Lipinski definition) is 3. The van der Waals surface area contributed by atoms with Crippen LogP contribution in [0.15, 0.2) is 18.2 Å². The van der Waals surface area contributed by atoms with Crippen LogP contribution in [-0.4, -0.2) is 38.1 Å². The van der Waals surface area contributed by atoms with Crippen molar-refractivity contribution in [2.45, 2.75) is 20.8 Å². The van der Waals surface area contributed by atoms with E-state index in [4.69, 9.17) is 9.47 Å². The lowest BCUT2D eigenvalue weighted by atomic mass is 10.0. The van der Waals surface area contributed by atoms with E-state index in [9.17, 15) is 4.79 Å². The van der Waals surface area contributed by atoms with Crippen LogP contribution in [0.2, 0.25) is 0 Å². The summed E-state index contributed by atoms with van der Waals surface area (Å²) in [7, 11) is 3.17. The molecule has 0 aliphatic carbocycles. The van der Waals surface area contributed by atoms with Crippen LogP contribution in [0.3, 0.4) is 0 Å². The topological polar surface area (TPSA) is 38.8 Å². The molecule has 0 aromatic heterocycles. The van der Waals surface area contributed by atoms with Crippen LogP contribution in [0.25, 0.3) is 6.08 Å². The number of allylic oxidation sites excluding steroid dienone is 1. The lowest BCUT2D eigenvalue weighted by molar-refractivity contribution is 0.0769. The lowest BCUT2D eigenvalue weighted by Crippen LogP contribution is -2.31. The Morgan fingerprint density at radius 3 is 2.15 bits per heavy atom. The summed E-state index contributed by atoms with van der Waals surface area (Å²) in [5, 5.41) is 0. The average Bonchev–Trinajstić information content (AvgIpc) is 2.48. The Kier molecular flexibility index (Phi) is 6.10. The zero-order valence-corrected chi connectivity index (χ0v) is 12.9. The SMILES string of the molecule is C/C=C/c1c(OC)ccc(OC)c1C(=O)N(CC)CC. The van der Waals surface area contributed by atoms with Gasteiger partial charge in [-0.15, -0.1) is 0 Å². The third kappa shape index (κ3) is 3.13. The van der Waals surface area contributed by atoms with Gasteiger partial charge in [-0.05, 0) is 32.9 Å². The number of methoxy groups -OCH3 is 2. The van der Waals surface area contributed by atoms with Crippen LogP contribution < -0.4 is 9.47 Å². The monoisotopic (exact) mass is 277 g/mol. The molecule has 0 aliphatic heterocycles. The van der Waals surface area contributed by atoms with E-state index in [1.54, 1.807) is 25.2 Å². The Balaban J connectivity index is 3.50. The Morgan fingerprint density at radius 1 is 1.15 bits per heavy atom. The zero-order chi connectivity index (χ0) is 15.1. The molecule has 0 spiro atoms. The first-order valence-corrected chi connectivity index (χ1v) is 6.81. The van der Waals surface area contributed by atoms with Crippen LogP contribution in [0, 0.1) is 0 Å². The maximum absolute atomic E-state index is 12.7. The smallest absolute Gasteiger partial charge is 0.258 e. The van der Waals surface area contributed by atoms with Gasteiger partial charge < -0.3 is 14.4 Å². The maximum Gasteiger partial charge on any atom is 0.258 e. The van der Waals surface area contributed by atoms with E-state index < -0.39 is 0 Å². The van der Waals surface area contributed by atoms with Gasteiger partial charge in [-0.3, -0.25) is 4.79 Å². The highest BCUT2D eigenvalue weighted by Gasteiger charge is 2.23. The summed E-state index contributed by atoms with van der Waals surface area (Å²) in [5.41, 5.74) is 1.31. The quantitative estimate of drug-likeness (QED) is 0.801. The minimum Gasteiger partial charge on any atom is -0.496 e. The Labute approximate surface area is 121 Å². The molecule has 4 heteroatoms. The van der Waals surface area contributed by atoms with Crippen LogP contribution >= 0.6 is 0 Å². The number of nitrogens with zero attached hydrogens (tertiary/aromatic N) is 1. The molecule has 0 N–H and O–H groups in total. The van der Waals surface area contributed by atoms with Crippen molar-refractivity contribution in [3.05, 3.63) is 29.3 Å². The van der Waals surface area contributed by atoms with E-state index in [1.165, 1.54) is 0 Å². The second kappa shape index (κ2) is 7.58. The second-order valence-corrected chi connectivity index (χ2v) is 4.24. The van der Waals surface area contributed by atoms with Crippen molar-refractivity contribution in [1.82, 2.24) is 4.90 Å². The molecule has 110 valence electrons. The van der Waals surface area contributed by atoms with E-state index in [1.807, 2.05) is 39.0 Å². The number of rotatable bonds is 6. The summed E-state index contributed by atoms with van der Waals surface area (Å²) in [6, 6.07) is 3.58. The van der Waals surface area contributed by atoms with Gasteiger partial charge in [0.25, 0.3) is 5.91 Å². The number of carbonyl (C=O) groups excluding carboxylic acids is 1. The minimum absolute atomic E-state index is 0.0427. The fraction of sp³-hybridized carbons (Fsp3) is 0.438. The van der Waals surface area contributed by atoms with E-state index >= 15 is 0 Å². The first-order valence-electron chi connectivity index (χ1n) is 6.81.